The summed E-state index contributed by atoms with van der Waals surface area (Å²) in [6.45, 7) is 4.00. The molecule has 0 unspecified atom stereocenters. The second kappa shape index (κ2) is 4.98. The quantitative estimate of drug-likeness (QED) is 0.776. The zero-order chi connectivity index (χ0) is 15.9. The number of nitrogens with one attached hydrogen (secondary N) is 1. The van der Waals surface area contributed by atoms with Gasteiger partial charge in [-0.2, -0.15) is 5.10 Å². The highest BCUT2D eigenvalue weighted by atomic mass is 16.5. The van der Waals surface area contributed by atoms with E-state index in [1.54, 1.807) is 6.07 Å². The molecule has 1 aromatic carbocycles. The highest BCUT2D eigenvalue weighted by Crippen LogP contribution is 2.41. The topological polar surface area (TPSA) is 93.8 Å². The third-order valence-corrected chi connectivity index (χ3v) is 3.82. The molecule has 3 rings (SSSR count). The summed E-state index contributed by atoms with van der Waals surface area (Å²) in [6.07, 6.45) is 1.36. The van der Waals surface area contributed by atoms with Gasteiger partial charge in [-0.1, -0.05) is 24.3 Å². The number of hydrogen-bond acceptors (Lipinski definition) is 4. The molecule has 2 amide bonds. The standard InChI is InChI=1S/C16H17N3O3/c1-16(2)8-7-11-13(20)12(18-19-15(17)21)9-5-3-4-6-10(9)14(11)22-16/h3-6H,7-8H2,1-2H3,(H3,17,19,21). The molecule has 0 saturated carbocycles. The Morgan fingerprint density at radius 1 is 1.32 bits per heavy atom. The van der Waals surface area contributed by atoms with Gasteiger partial charge in [-0.25, -0.2) is 10.2 Å². The molecular weight excluding hydrogens is 282 g/mol. The van der Waals surface area contributed by atoms with Crippen LogP contribution in [0.25, 0.3) is 5.76 Å². The number of carbonyl (C=O) groups excluding carboxylic acids is 2. The Morgan fingerprint density at radius 2 is 2.00 bits per heavy atom. The van der Waals surface area contributed by atoms with Crippen molar-refractivity contribution in [1.29, 1.82) is 0 Å². The van der Waals surface area contributed by atoms with Crippen molar-refractivity contribution in [3.05, 3.63) is 41.0 Å². The van der Waals surface area contributed by atoms with Crippen molar-refractivity contribution in [1.82, 2.24) is 5.43 Å². The molecule has 0 bridgehead atoms. The van der Waals surface area contributed by atoms with E-state index < -0.39 is 6.03 Å². The maximum Gasteiger partial charge on any atom is 0.332 e. The van der Waals surface area contributed by atoms with Crippen molar-refractivity contribution in [2.24, 2.45) is 10.8 Å². The average Bonchev–Trinajstić information content (AvgIpc) is 2.46. The number of amides is 2. The van der Waals surface area contributed by atoms with Crippen molar-refractivity contribution >= 4 is 23.3 Å². The molecule has 22 heavy (non-hydrogen) atoms. The Hall–Kier alpha value is -2.63. The second-order valence-corrected chi connectivity index (χ2v) is 5.98. The van der Waals surface area contributed by atoms with E-state index >= 15 is 0 Å². The fourth-order valence-electron chi connectivity index (χ4n) is 2.74. The van der Waals surface area contributed by atoms with Gasteiger partial charge in [0.1, 0.15) is 17.1 Å². The maximum absolute atomic E-state index is 12.7. The van der Waals surface area contributed by atoms with Crippen LogP contribution in [-0.2, 0) is 9.53 Å². The molecule has 1 aromatic rings. The lowest BCUT2D eigenvalue weighted by molar-refractivity contribution is -0.110. The zero-order valence-corrected chi connectivity index (χ0v) is 12.5. The van der Waals surface area contributed by atoms with Gasteiger partial charge in [0.15, 0.2) is 0 Å². The lowest BCUT2D eigenvalue weighted by Crippen LogP contribution is -2.36. The molecule has 0 fully saturated rings. The molecule has 0 radical (unpaired) electrons. The molecule has 1 heterocycles. The predicted octanol–water partition coefficient (Wildman–Crippen LogP) is 1.94. The van der Waals surface area contributed by atoms with Gasteiger partial charge in [0.2, 0.25) is 5.78 Å². The molecule has 0 atom stereocenters. The molecule has 114 valence electrons. The van der Waals surface area contributed by atoms with Gasteiger partial charge in [0, 0.05) is 16.7 Å². The minimum Gasteiger partial charge on any atom is -0.487 e. The Morgan fingerprint density at radius 3 is 2.68 bits per heavy atom. The molecule has 6 nitrogen and oxygen atoms in total. The third kappa shape index (κ3) is 2.36. The lowest BCUT2D eigenvalue weighted by Gasteiger charge is -2.36. The number of nitrogens with two attached hydrogens (primary N) is 1. The van der Waals surface area contributed by atoms with Crippen molar-refractivity contribution in [2.75, 3.05) is 0 Å². The average molecular weight is 299 g/mol. The fraction of sp³-hybridized carbons (Fsp3) is 0.312. The first-order valence-electron chi connectivity index (χ1n) is 7.09. The summed E-state index contributed by atoms with van der Waals surface area (Å²) in [5.74, 6) is 0.396. The van der Waals surface area contributed by atoms with Crippen LogP contribution in [0.3, 0.4) is 0 Å². The predicted molar refractivity (Wildman–Crippen MR) is 82.0 cm³/mol. The van der Waals surface area contributed by atoms with E-state index in [0.717, 1.165) is 12.0 Å². The van der Waals surface area contributed by atoms with Crippen LogP contribution in [0, 0.1) is 0 Å². The van der Waals surface area contributed by atoms with Gasteiger partial charge < -0.3 is 10.5 Å². The Kier molecular flexibility index (Phi) is 3.24. The van der Waals surface area contributed by atoms with Crippen molar-refractivity contribution in [3.8, 4) is 0 Å². The summed E-state index contributed by atoms with van der Waals surface area (Å²) in [5, 5.41) is 3.89. The van der Waals surface area contributed by atoms with Crippen LogP contribution >= 0.6 is 0 Å². The number of carbonyl (C=O) groups is 2. The van der Waals surface area contributed by atoms with Gasteiger partial charge >= 0.3 is 6.03 Å². The summed E-state index contributed by atoms with van der Waals surface area (Å²) in [5.41, 5.74) is 9.11. The third-order valence-electron chi connectivity index (χ3n) is 3.82. The van der Waals surface area contributed by atoms with Crippen molar-refractivity contribution in [3.63, 3.8) is 0 Å². The van der Waals surface area contributed by atoms with E-state index in [1.165, 1.54) is 0 Å². The van der Waals surface area contributed by atoms with E-state index in [9.17, 15) is 9.59 Å². The first-order chi connectivity index (χ1) is 10.4. The van der Waals surface area contributed by atoms with Gasteiger partial charge in [-0.05, 0) is 26.7 Å². The van der Waals surface area contributed by atoms with Crippen molar-refractivity contribution in [2.45, 2.75) is 32.3 Å². The molecule has 1 aliphatic carbocycles. The molecule has 3 N–H and O–H groups in total. The summed E-state index contributed by atoms with van der Waals surface area (Å²) >= 11 is 0. The fourth-order valence-corrected chi connectivity index (χ4v) is 2.74. The van der Waals surface area contributed by atoms with Crippen LogP contribution in [0.4, 0.5) is 4.79 Å². The van der Waals surface area contributed by atoms with Gasteiger partial charge in [0.05, 0.1) is 0 Å². The van der Waals surface area contributed by atoms with Gasteiger partial charge in [0.25, 0.3) is 0 Å². The molecular formula is C16H17N3O3. The van der Waals surface area contributed by atoms with E-state index in [-0.39, 0.29) is 17.1 Å². The van der Waals surface area contributed by atoms with Crippen LogP contribution in [0.1, 0.15) is 37.8 Å². The van der Waals surface area contributed by atoms with Crippen LogP contribution in [0.2, 0.25) is 0 Å². The number of hydrogen-bond donors (Lipinski definition) is 2. The normalized spacial score (nSPS) is 21.0. The highest BCUT2D eigenvalue weighted by Gasteiger charge is 2.38. The number of allylic oxidation sites excluding steroid dienone is 1. The van der Waals surface area contributed by atoms with Crippen LogP contribution in [0.15, 0.2) is 34.9 Å². The van der Waals surface area contributed by atoms with E-state index in [4.69, 9.17) is 10.5 Å². The first kappa shape index (κ1) is 14.3. The summed E-state index contributed by atoms with van der Waals surface area (Å²) in [6, 6.07) is 6.55. The summed E-state index contributed by atoms with van der Waals surface area (Å²) in [4.78, 5) is 23.6. The Labute approximate surface area is 128 Å². The highest BCUT2D eigenvalue weighted by molar-refractivity contribution is 6.54. The number of nitrogens with zero attached hydrogens (tertiary/aromatic N) is 1. The van der Waals surface area contributed by atoms with Crippen molar-refractivity contribution < 1.29 is 14.3 Å². The van der Waals surface area contributed by atoms with Gasteiger partial charge in [-0.3, -0.25) is 4.79 Å². The molecule has 2 aliphatic rings. The molecule has 1 aliphatic heterocycles. The minimum absolute atomic E-state index is 0.191. The number of ketones is 1. The SMILES string of the molecule is CC1(C)CCC2=C(O1)c1ccccc1C(=NNC(N)=O)C2=O. The molecule has 6 heteroatoms. The van der Waals surface area contributed by atoms with Crippen LogP contribution in [-0.4, -0.2) is 23.1 Å². The second-order valence-electron chi connectivity index (χ2n) is 5.98. The maximum atomic E-state index is 12.7. The van der Waals surface area contributed by atoms with Crippen LogP contribution in [0.5, 0.6) is 0 Å². The Bertz CT molecular complexity index is 732. The van der Waals surface area contributed by atoms with E-state index in [0.29, 0.717) is 23.3 Å². The largest absolute Gasteiger partial charge is 0.487 e. The number of benzene rings is 1. The molecule has 0 saturated heterocycles. The lowest BCUT2D eigenvalue weighted by atomic mass is 9.82. The number of ether oxygens (including phenoxy) is 1. The number of primary amides is 1. The monoisotopic (exact) mass is 299 g/mol. The zero-order valence-electron chi connectivity index (χ0n) is 12.5. The Balaban J connectivity index is 2.15. The summed E-state index contributed by atoms with van der Waals surface area (Å²) < 4.78 is 6.04. The van der Waals surface area contributed by atoms with E-state index in [1.807, 2.05) is 32.0 Å². The number of hydrazone groups is 1. The number of Topliss-reactive ketones (excluding diaryl/α,β-unsaturated/α-hetero) is 1. The first-order valence-corrected chi connectivity index (χ1v) is 7.09. The smallest absolute Gasteiger partial charge is 0.332 e. The van der Waals surface area contributed by atoms with Gasteiger partial charge in [-0.15, -0.1) is 0 Å². The van der Waals surface area contributed by atoms with Crippen LogP contribution < -0.4 is 11.2 Å². The van der Waals surface area contributed by atoms with E-state index in [2.05, 4.69) is 10.5 Å². The molecule has 0 spiro atoms. The minimum atomic E-state index is -0.807. The molecule has 0 aromatic heterocycles. The number of fused-ring (bicyclic) bond motifs is 2. The summed E-state index contributed by atoms with van der Waals surface area (Å²) in [7, 11) is 0. The number of rotatable bonds is 1. The number of urea groups is 1.